The quantitative estimate of drug-likeness (QED) is 0.553. The van der Waals surface area contributed by atoms with Crippen molar-refractivity contribution in [2.24, 2.45) is 40.4 Å². The highest BCUT2D eigenvalue weighted by atomic mass is 16.3. The largest absolute Gasteiger partial charge is 0.393 e. The minimum Gasteiger partial charge on any atom is -0.393 e. The molecule has 4 heteroatoms. The second-order valence-corrected chi connectivity index (χ2v) is 13.1. The fourth-order valence-electron chi connectivity index (χ4n) is 8.34. The lowest BCUT2D eigenvalue weighted by molar-refractivity contribution is -0.141. The number of rotatable bonds is 5. The van der Waals surface area contributed by atoms with Crippen molar-refractivity contribution < 1.29 is 20.1 Å². The van der Waals surface area contributed by atoms with Gasteiger partial charge in [0.25, 0.3) is 0 Å². The third-order valence-corrected chi connectivity index (χ3v) is 11.1. The Morgan fingerprint density at radius 3 is 2.41 bits per heavy atom. The van der Waals surface area contributed by atoms with Crippen LogP contribution in [0.2, 0.25) is 0 Å². The first-order valence-electron chi connectivity index (χ1n) is 13.1. The first-order chi connectivity index (χ1) is 14.7. The molecule has 0 aromatic rings. The van der Waals surface area contributed by atoms with E-state index in [9.17, 15) is 20.1 Å². The van der Waals surface area contributed by atoms with E-state index in [-0.39, 0.29) is 40.5 Å². The summed E-state index contributed by atoms with van der Waals surface area (Å²) in [6.07, 6.45) is 9.48. The zero-order valence-corrected chi connectivity index (χ0v) is 21.2. The van der Waals surface area contributed by atoms with E-state index in [0.29, 0.717) is 18.3 Å². The van der Waals surface area contributed by atoms with Gasteiger partial charge in [-0.15, -0.1) is 0 Å². The number of carbonyl (C=O) groups excluding carboxylic acids is 1. The van der Waals surface area contributed by atoms with E-state index in [1.165, 1.54) is 0 Å². The standard InChI is InChI=1S/C28H46O4/c1-17(7-8-18(2)25(3,4)31)20-11-14-28(32)22-16-24(30)23-15-19(29)9-12-26(23,5)21(22)10-13-27(20,28)6/h16-21,23,29,31-32H,7-15H2,1-6H3/t17-,18+,19-,20-,21+,23-,26-,27-,28-/m1/s1. The number of hydrogen-bond acceptors (Lipinski definition) is 4. The van der Waals surface area contributed by atoms with Crippen LogP contribution in [0.15, 0.2) is 11.6 Å². The second-order valence-electron chi connectivity index (χ2n) is 13.1. The maximum Gasteiger partial charge on any atom is 0.159 e. The average Bonchev–Trinajstić information content (AvgIpc) is 2.98. The normalized spacial score (nSPS) is 46.0. The van der Waals surface area contributed by atoms with Crippen LogP contribution in [0.3, 0.4) is 0 Å². The van der Waals surface area contributed by atoms with Crippen LogP contribution >= 0.6 is 0 Å². The highest BCUT2D eigenvalue weighted by molar-refractivity contribution is 5.95. The van der Waals surface area contributed by atoms with Crippen LogP contribution in [0.5, 0.6) is 0 Å². The van der Waals surface area contributed by atoms with Gasteiger partial charge in [0.05, 0.1) is 17.3 Å². The zero-order chi connectivity index (χ0) is 23.7. The van der Waals surface area contributed by atoms with Crippen molar-refractivity contribution in [3.63, 3.8) is 0 Å². The summed E-state index contributed by atoms with van der Waals surface area (Å²) in [4.78, 5) is 13.2. The molecular formula is C28H46O4. The fourth-order valence-corrected chi connectivity index (χ4v) is 8.34. The van der Waals surface area contributed by atoms with Gasteiger partial charge in [0.15, 0.2) is 5.78 Å². The molecule has 3 N–H and O–H groups in total. The van der Waals surface area contributed by atoms with Gasteiger partial charge in [0.2, 0.25) is 0 Å². The summed E-state index contributed by atoms with van der Waals surface area (Å²) < 4.78 is 0. The second kappa shape index (κ2) is 7.92. The van der Waals surface area contributed by atoms with Crippen molar-refractivity contribution >= 4 is 5.78 Å². The molecule has 0 aromatic carbocycles. The molecule has 0 radical (unpaired) electrons. The predicted octanol–water partition coefficient (Wildman–Crippen LogP) is 5.04. The number of aliphatic hydroxyl groups is 3. The Kier molecular flexibility index (Phi) is 6.04. The zero-order valence-electron chi connectivity index (χ0n) is 21.2. The predicted molar refractivity (Wildman–Crippen MR) is 127 cm³/mol. The van der Waals surface area contributed by atoms with Crippen molar-refractivity contribution in [3.8, 4) is 0 Å². The lowest BCUT2D eigenvalue weighted by Gasteiger charge is -2.59. The summed E-state index contributed by atoms with van der Waals surface area (Å²) >= 11 is 0. The Morgan fingerprint density at radius 2 is 1.75 bits per heavy atom. The number of aliphatic hydroxyl groups excluding tert-OH is 1. The molecule has 0 bridgehead atoms. The monoisotopic (exact) mass is 446 g/mol. The van der Waals surface area contributed by atoms with Gasteiger partial charge in [-0.25, -0.2) is 0 Å². The summed E-state index contributed by atoms with van der Waals surface area (Å²) in [6.45, 7) is 12.8. The topological polar surface area (TPSA) is 77.8 Å². The first kappa shape index (κ1) is 24.4. The van der Waals surface area contributed by atoms with Gasteiger partial charge in [-0.05, 0) is 106 Å². The Bertz CT molecular complexity index is 781. The van der Waals surface area contributed by atoms with Gasteiger partial charge < -0.3 is 15.3 Å². The molecule has 0 spiro atoms. The van der Waals surface area contributed by atoms with Crippen molar-refractivity contribution in [2.75, 3.05) is 0 Å². The third-order valence-electron chi connectivity index (χ3n) is 11.1. The van der Waals surface area contributed by atoms with Crippen LogP contribution in [-0.2, 0) is 4.79 Å². The molecular weight excluding hydrogens is 400 g/mol. The third kappa shape index (κ3) is 3.55. The molecule has 0 saturated heterocycles. The molecule has 32 heavy (non-hydrogen) atoms. The van der Waals surface area contributed by atoms with Crippen molar-refractivity contribution in [1.82, 2.24) is 0 Å². The van der Waals surface area contributed by atoms with E-state index < -0.39 is 11.2 Å². The number of fused-ring (bicyclic) bond motifs is 5. The molecule has 0 unspecified atom stereocenters. The number of ketones is 1. The van der Waals surface area contributed by atoms with E-state index in [2.05, 4.69) is 27.7 Å². The fraction of sp³-hybridized carbons (Fsp3) is 0.893. The summed E-state index contributed by atoms with van der Waals surface area (Å²) in [7, 11) is 0. The van der Waals surface area contributed by atoms with Gasteiger partial charge in [-0.2, -0.15) is 0 Å². The molecule has 182 valence electrons. The Labute approximate surface area is 194 Å². The van der Waals surface area contributed by atoms with E-state index in [1.807, 2.05) is 19.9 Å². The maximum absolute atomic E-state index is 13.2. The van der Waals surface area contributed by atoms with Crippen molar-refractivity contribution in [2.45, 2.75) is 117 Å². The molecule has 4 nitrogen and oxygen atoms in total. The van der Waals surface area contributed by atoms with Crippen molar-refractivity contribution in [3.05, 3.63) is 11.6 Å². The van der Waals surface area contributed by atoms with Crippen LogP contribution in [0, 0.1) is 40.4 Å². The van der Waals surface area contributed by atoms with Gasteiger partial charge in [0.1, 0.15) is 0 Å². The molecule has 4 aliphatic rings. The minimum absolute atomic E-state index is 0.104. The molecule has 4 rings (SSSR count). The summed E-state index contributed by atoms with van der Waals surface area (Å²) in [5.41, 5.74) is -0.874. The first-order valence-corrected chi connectivity index (χ1v) is 13.1. The lowest BCUT2D eigenvalue weighted by Crippen LogP contribution is -2.59. The van der Waals surface area contributed by atoms with Crippen LogP contribution in [0.1, 0.15) is 99.3 Å². The van der Waals surface area contributed by atoms with Gasteiger partial charge in [-0.3, -0.25) is 4.79 Å². The molecule has 4 aliphatic carbocycles. The number of carbonyl (C=O) groups is 1. The minimum atomic E-state index is -0.892. The van der Waals surface area contributed by atoms with Crippen LogP contribution in [0.25, 0.3) is 0 Å². The molecule has 0 heterocycles. The van der Waals surface area contributed by atoms with Gasteiger partial charge in [0, 0.05) is 11.3 Å². The molecule has 0 aromatic heterocycles. The molecule has 3 fully saturated rings. The Morgan fingerprint density at radius 1 is 1.06 bits per heavy atom. The SMILES string of the molecule is C[C@H](CC[C@H](C)C(C)(C)O)[C@H]1CC[C@@]2(O)C3=CC(=O)[C@H]4C[C@H](O)CC[C@]4(C)[C@H]3CC[C@]12C. The number of hydrogen-bond donors (Lipinski definition) is 3. The molecule has 3 saturated carbocycles. The summed E-state index contributed by atoms with van der Waals surface area (Å²) in [5.74, 6) is 1.42. The lowest BCUT2D eigenvalue weighted by atomic mass is 9.46. The Balaban J connectivity index is 1.59. The highest BCUT2D eigenvalue weighted by Crippen LogP contribution is 2.68. The molecule has 0 aliphatic heterocycles. The average molecular weight is 447 g/mol. The maximum atomic E-state index is 13.2. The number of allylic oxidation sites excluding steroid dienone is 1. The summed E-state index contributed by atoms with van der Waals surface area (Å²) in [5, 5.41) is 32.8. The molecule has 9 atom stereocenters. The van der Waals surface area contributed by atoms with E-state index >= 15 is 0 Å². The van der Waals surface area contributed by atoms with Crippen LogP contribution in [-0.4, -0.2) is 38.4 Å². The smallest absolute Gasteiger partial charge is 0.159 e. The van der Waals surface area contributed by atoms with E-state index in [4.69, 9.17) is 0 Å². The van der Waals surface area contributed by atoms with Gasteiger partial charge >= 0.3 is 0 Å². The van der Waals surface area contributed by atoms with E-state index in [1.54, 1.807) is 0 Å². The van der Waals surface area contributed by atoms with E-state index in [0.717, 1.165) is 56.9 Å². The van der Waals surface area contributed by atoms with Crippen LogP contribution < -0.4 is 0 Å². The summed E-state index contributed by atoms with van der Waals surface area (Å²) in [6, 6.07) is 0. The van der Waals surface area contributed by atoms with Gasteiger partial charge in [-0.1, -0.05) is 34.1 Å². The Hall–Kier alpha value is -0.710. The highest BCUT2D eigenvalue weighted by Gasteiger charge is 2.66. The van der Waals surface area contributed by atoms with Crippen molar-refractivity contribution in [1.29, 1.82) is 0 Å². The van der Waals surface area contributed by atoms with Crippen LogP contribution in [0.4, 0.5) is 0 Å². The molecule has 0 amide bonds.